The number of nitriles is 1. The maximum Gasteiger partial charge on any atom is 0.242 e. The van der Waals surface area contributed by atoms with Gasteiger partial charge >= 0.3 is 0 Å². The van der Waals surface area contributed by atoms with E-state index in [2.05, 4.69) is 0 Å². The van der Waals surface area contributed by atoms with Gasteiger partial charge < -0.3 is 9.47 Å². The molecule has 1 aromatic heterocycles. The number of hydrogen-bond donors (Lipinski definition) is 0. The number of hydrogen-bond acceptors (Lipinski definition) is 4. The van der Waals surface area contributed by atoms with Gasteiger partial charge in [0.2, 0.25) is 5.91 Å². The third-order valence-corrected chi connectivity index (χ3v) is 5.27. The summed E-state index contributed by atoms with van der Waals surface area (Å²) in [6.07, 6.45) is 1.46. The van der Waals surface area contributed by atoms with Crippen molar-refractivity contribution in [1.82, 2.24) is 9.47 Å². The fraction of sp³-hybridized carbons (Fsp3) is 0.375. The van der Waals surface area contributed by atoms with Crippen molar-refractivity contribution in [1.29, 1.82) is 5.26 Å². The van der Waals surface area contributed by atoms with E-state index in [-0.39, 0.29) is 17.3 Å². The van der Waals surface area contributed by atoms with E-state index in [1.807, 2.05) is 13.8 Å². The van der Waals surface area contributed by atoms with Gasteiger partial charge in [-0.3, -0.25) is 4.79 Å². The van der Waals surface area contributed by atoms with Crippen LogP contribution in [0.3, 0.4) is 0 Å². The van der Waals surface area contributed by atoms with E-state index in [0.717, 1.165) is 0 Å². The summed E-state index contributed by atoms with van der Waals surface area (Å²) >= 11 is 0. The van der Waals surface area contributed by atoms with Crippen molar-refractivity contribution in [2.45, 2.75) is 25.3 Å². The Hall–Kier alpha value is -2.33. The van der Waals surface area contributed by atoms with Crippen molar-refractivity contribution in [3.05, 3.63) is 30.5 Å². The van der Waals surface area contributed by atoms with Gasteiger partial charge in [0.25, 0.3) is 0 Å². The number of carbonyl (C=O) groups is 1. The molecule has 1 amide bonds. The Kier molecular flexibility index (Phi) is 5.06. The van der Waals surface area contributed by atoms with E-state index in [1.165, 1.54) is 6.20 Å². The first-order valence-corrected chi connectivity index (χ1v) is 9.05. The lowest BCUT2D eigenvalue weighted by atomic mass is 10.2. The lowest BCUT2D eigenvalue weighted by Gasteiger charge is -2.19. The minimum Gasteiger partial charge on any atom is -0.342 e. The molecule has 0 aliphatic heterocycles. The second-order valence-electron chi connectivity index (χ2n) is 5.12. The molecule has 0 saturated carbocycles. The number of fused-ring (bicyclic) bond motifs is 1. The summed E-state index contributed by atoms with van der Waals surface area (Å²) in [7, 11) is -3.69. The molecule has 0 unspecified atom stereocenters. The summed E-state index contributed by atoms with van der Waals surface area (Å²) in [5.74, 6) is -0.648. The molecule has 0 bridgehead atoms. The molecule has 23 heavy (non-hydrogen) atoms. The minimum atomic E-state index is -3.69. The number of para-hydroxylation sites is 1. The largest absolute Gasteiger partial charge is 0.342 e. The van der Waals surface area contributed by atoms with Crippen LogP contribution in [0, 0.1) is 11.3 Å². The van der Waals surface area contributed by atoms with Crippen molar-refractivity contribution in [2.75, 3.05) is 18.8 Å². The predicted octanol–water partition coefficient (Wildman–Crippen LogP) is 1.81. The quantitative estimate of drug-likeness (QED) is 0.807. The summed E-state index contributed by atoms with van der Waals surface area (Å²) in [5.41, 5.74) is 0.671. The lowest BCUT2D eigenvalue weighted by Crippen LogP contribution is -2.33. The van der Waals surface area contributed by atoms with Crippen LogP contribution in [0.15, 0.2) is 35.4 Å². The molecular formula is C16H19N3O3S. The second kappa shape index (κ2) is 6.84. The highest BCUT2D eigenvalue weighted by molar-refractivity contribution is 7.91. The zero-order valence-electron chi connectivity index (χ0n) is 13.2. The molecule has 6 nitrogen and oxygen atoms in total. The average molecular weight is 333 g/mol. The number of rotatable bonds is 6. The molecule has 0 spiro atoms. The van der Waals surface area contributed by atoms with Gasteiger partial charge in [-0.05, 0) is 19.9 Å². The molecule has 0 saturated heterocycles. The van der Waals surface area contributed by atoms with Crippen molar-refractivity contribution in [3.63, 3.8) is 0 Å². The monoisotopic (exact) mass is 333 g/mol. The average Bonchev–Trinajstić information content (AvgIpc) is 2.88. The number of sulfone groups is 1. The fourth-order valence-electron chi connectivity index (χ4n) is 2.58. The topological polar surface area (TPSA) is 83.2 Å². The lowest BCUT2D eigenvalue weighted by molar-refractivity contribution is -0.131. The van der Waals surface area contributed by atoms with Crippen LogP contribution in [0.4, 0.5) is 0 Å². The normalized spacial score (nSPS) is 11.3. The van der Waals surface area contributed by atoms with Crippen molar-refractivity contribution >= 4 is 26.6 Å². The van der Waals surface area contributed by atoms with Crippen molar-refractivity contribution in [2.24, 2.45) is 0 Å². The van der Waals surface area contributed by atoms with E-state index >= 15 is 0 Å². The first kappa shape index (κ1) is 17.0. The van der Waals surface area contributed by atoms with Crippen LogP contribution < -0.4 is 0 Å². The minimum absolute atomic E-state index is 0.0695. The standard InChI is InChI=1S/C16H19N3O3S/c1-3-18(4-2)16(20)12-19-11-15(23(21,22)10-9-17)13-7-5-6-8-14(13)19/h5-8,11H,3-4,10,12H2,1-2H3. The smallest absolute Gasteiger partial charge is 0.242 e. The van der Waals surface area contributed by atoms with Crippen LogP contribution in [-0.4, -0.2) is 42.6 Å². The fourth-order valence-corrected chi connectivity index (χ4v) is 3.70. The number of aromatic nitrogens is 1. The number of likely N-dealkylation sites (N-methyl/N-ethyl adjacent to an activating group) is 1. The number of carbonyl (C=O) groups excluding carboxylic acids is 1. The molecule has 1 heterocycles. The maximum atomic E-state index is 12.3. The zero-order chi connectivity index (χ0) is 17.0. The van der Waals surface area contributed by atoms with E-state index in [4.69, 9.17) is 5.26 Å². The Bertz CT molecular complexity index is 858. The highest BCUT2D eigenvalue weighted by Gasteiger charge is 2.22. The van der Waals surface area contributed by atoms with Gasteiger partial charge in [-0.15, -0.1) is 0 Å². The van der Waals surface area contributed by atoms with Gasteiger partial charge in [0.1, 0.15) is 12.3 Å². The summed E-state index contributed by atoms with van der Waals surface area (Å²) in [4.78, 5) is 14.1. The number of nitrogens with zero attached hydrogens (tertiary/aromatic N) is 3. The summed E-state index contributed by atoms with van der Waals surface area (Å²) in [6, 6.07) is 8.69. The van der Waals surface area contributed by atoms with E-state index < -0.39 is 15.6 Å². The molecule has 0 radical (unpaired) electrons. The van der Waals surface area contributed by atoms with Crippen LogP contribution in [-0.2, 0) is 21.2 Å². The van der Waals surface area contributed by atoms with E-state index in [0.29, 0.717) is 24.0 Å². The van der Waals surface area contributed by atoms with Gasteiger partial charge in [-0.1, -0.05) is 18.2 Å². The highest BCUT2D eigenvalue weighted by Crippen LogP contribution is 2.26. The van der Waals surface area contributed by atoms with Crippen LogP contribution in [0.25, 0.3) is 10.9 Å². The Morgan fingerprint density at radius 2 is 1.91 bits per heavy atom. The summed E-state index contributed by atoms with van der Waals surface area (Å²) in [5, 5.41) is 9.26. The molecule has 2 rings (SSSR count). The molecule has 0 atom stereocenters. The van der Waals surface area contributed by atoms with Gasteiger partial charge in [0.05, 0.1) is 11.0 Å². The van der Waals surface area contributed by atoms with Gasteiger partial charge in [0, 0.05) is 30.2 Å². The van der Waals surface area contributed by atoms with E-state index in [9.17, 15) is 13.2 Å². The van der Waals surface area contributed by atoms with Crippen molar-refractivity contribution < 1.29 is 13.2 Å². The summed E-state index contributed by atoms with van der Waals surface area (Å²) in [6.45, 7) is 5.09. The van der Waals surface area contributed by atoms with Crippen LogP contribution in [0.2, 0.25) is 0 Å². The Balaban J connectivity index is 2.51. The van der Waals surface area contributed by atoms with Crippen LogP contribution in [0.5, 0.6) is 0 Å². The highest BCUT2D eigenvalue weighted by atomic mass is 32.2. The molecule has 7 heteroatoms. The molecule has 0 N–H and O–H groups in total. The first-order chi connectivity index (χ1) is 10.9. The molecule has 0 aliphatic carbocycles. The van der Waals surface area contributed by atoms with Crippen LogP contribution >= 0.6 is 0 Å². The number of amides is 1. The molecule has 0 fully saturated rings. The predicted molar refractivity (Wildman–Crippen MR) is 87.5 cm³/mol. The Morgan fingerprint density at radius 1 is 1.26 bits per heavy atom. The molecule has 1 aromatic carbocycles. The van der Waals surface area contributed by atoms with E-state index in [1.54, 1.807) is 39.8 Å². The molecule has 122 valence electrons. The summed E-state index contributed by atoms with van der Waals surface area (Å²) < 4.78 is 26.2. The SMILES string of the molecule is CCN(CC)C(=O)Cn1cc(S(=O)(=O)CC#N)c2ccccc21. The molecule has 0 aliphatic rings. The third-order valence-electron chi connectivity index (χ3n) is 3.76. The first-order valence-electron chi connectivity index (χ1n) is 7.40. The van der Waals surface area contributed by atoms with Gasteiger partial charge in [-0.2, -0.15) is 5.26 Å². The van der Waals surface area contributed by atoms with Crippen LogP contribution in [0.1, 0.15) is 13.8 Å². The molecular weight excluding hydrogens is 314 g/mol. The Morgan fingerprint density at radius 3 is 2.52 bits per heavy atom. The second-order valence-corrected chi connectivity index (χ2v) is 7.08. The third kappa shape index (κ3) is 3.37. The number of benzene rings is 1. The molecule has 2 aromatic rings. The van der Waals surface area contributed by atoms with Gasteiger partial charge in [0.15, 0.2) is 9.84 Å². The Labute approximate surface area is 135 Å². The zero-order valence-corrected chi connectivity index (χ0v) is 14.0. The maximum absolute atomic E-state index is 12.3. The van der Waals surface area contributed by atoms with Gasteiger partial charge in [-0.25, -0.2) is 8.42 Å². The van der Waals surface area contributed by atoms with Crippen molar-refractivity contribution in [3.8, 4) is 6.07 Å².